The number of fused-ring (bicyclic) bond motifs is 1. The van der Waals surface area contributed by atoms with Crippen molar-refractivity contribution in [2.24, 2.45) is 5.73 Å². The van der Waals surface area contributed by atoms with Crippen molar-refractivity contribution >= 4 is 27.3 Å². The molecule has 20 heavy (non-hydrogen) atoms. The van der Waals surface area contributed by atoms with Crippen LogP contribution < -0.4 is 5.73 Å². The van der Waals surface area contributed by atoms with Gasteiger partial charge in [0.2, 0.25) is 5.78 Å². The number of nitrogens with two attached hydrogens (primary N) is 1. The molecule has 1 aromatic heterocycles. The zero-order valence-electron chi connectivity index (χ0n) is 10.8. The van der Waals surface area contributed by atoms with Crippen LogP contribution in [0.5, 0.6) is 0 Å². The number of rotatable bonds is 4. The van der Waals surface area contributed by atoms with Gasteiger partial charge in [-0.15, -0.1) is 11.3 Å². The summed E-state index contributed by atoms with van der Waals surface area (Å²) in [6.07, 6.45) is 0.537. The van der Waals surface area contributed by atoms with Gasteiger partial charge in [0, 0.05) is 0 Å². The molecule has 1 atom stereocenters. The molecule has 0 amide bonds. The van der Waals surface area contributed by atoms with E-state index in [1.54, 1.807) is 0 Å². The maximum Gasteiger partial charge on any atom is 0.208 e. The Kier molecular flexibility index (Phi) is 3.58. The van der Waals surface area contributed by atoms with Crippen molar-refractivity contribution in [2.75, 3.05) is 0 Å². The fourth-order valence-corrected chi connectivity index (χ4v) is 3.07. The molecular formula is C16H14N2OS. The van der Waals surface area contributed by atoms with Crippen LogP contribution in [0.1, 0.15) is 15.4 Å². The van der Waals surface area contributed by atoms with E-state index in [4.69, 9.17) is 5.73 Å². The summed E-state index contributed by atoms with van der Waals surface area (Å²) < 4.78 is 1.02. The minimum absolute atomic E-state index is 0.0879. The van der Waals surface area contributed by atoms with E-state index >= 15 is 0 Å². The fourth-order valence-electron chi connectivity index (χ4n) is 2.10. The number of thiazole rings is 1. The number of hydrogen-bond acceptors (Lipinski definition) is 4. The number of carbonyl (C=O) groups excluding carboxylic acids is 1. The maximum atomic E-state index is 12.3. The van der Waals surface area contributed by atoms with Gasteiger partial charge in [0.05, 0.1) is 16.3 Å². The minimum atomic E-state index is -0.544. The van der Waals surface area contributed by atoms with Gasteiger partial charge in [-0.25, -0.2) is 4.98 Å². The van der Waals surface area contributed by atoms with E-state index in [2.05, 4.69) is 4.98 Å². The summed E-state index contributed by atoms with van der Waals surface area (Å²) in [5.41, 5.74) is 7.94. The summed E-state index contributed by atoms with van der Waals surface area (Å²) in [6.45, 7) is 0. The Morgan fingerprint density at radius 1 is 1.10 bits per heavy atom. The van der Waals surface area contributed by atoms with Crippen LogP contribution in [0.4, 0.5) is 0 Å². The van der Waals surface area contributed by atoms with Gasteiger partial charge < -0.3 is 5.73 Å². The number of benzene rings is 2. The number of carbonyl (C=O) groups is 1. The second kappa shape index (κ2) is 5.53. The van der Waals surface area contributed by atoms with Crippen molar-refractivity contribution in [3.05, 3.63) is 65.2 Å². The van der Waals surface area contributed by atoms with E-state index in [0.29, 0.717) is 11.4 Å². The number of nitrogens with zero attached hydrogens (tertiary/aromatic N) is 1. The van der Waals surface area contributed by atoms with E-state index in [0.717, 1.165) is 15.8 Å². The maximum absolute atomic E-state index is 12.3. The summed E-state index contributed by atoms with van der Waals surface area (Å²) in [7, 11) is 0. The zero-order chi connectivity index (χ0) is 13.9. The van der Waals surface area contributed by atoms with Crippen molar-refractivity contribution in [1.82, 2.24) is 4.98 Å². The molecule has 2 N–H and O–H groups in total. The molecule has 0 spiro atoms. The molecule has 100 valence electrons. The molecule has 0 aliphatic heterocycles. The molecule has 3 rings (SSSR count). The largest absolute Gasteiger partial charge is 0.321 e. The summed E-state index contributed by atoms with van der Waals surface area (Å²) in [5.74, 6) is -0.0879. The third kappa shape index (κ3) is 2.61. The van der Waals surface area contributed by atoms with Gasteiger partial charge in [0.1, 0.15) is 0 Å². The number of ketones is 1. The molecule has 0 fully saturated rings. The standard InChI is InChI=1S/C16H14N2OS/c17-12(10-11-6-2-1-3-7-11)15(19)16-18-13-8-4-5-9-14(13)20-16/h1-9,12H,10,17H2. The minimum Gasteiger partial charge on any atom is -0.321 e. The first-order chi connectivity index (χ1) is 9.74. The average molecular weight is 282 g/mol. The fraction of sp³-hybridized carbons (Fsp3) is 0.125. The van der Waals surface area contributed by atoms with Gasteiger partial charge in [0.25, 0.3) is 0 Å². The molecule has 0 aliphatic carbocycles. The topological polar surface area (TPSA) is 56.0 Å². The van der Waals surface area contributed by atoms with Crippen LogP contribution in [0, 0.1) is 0 Å². The van der Waals surface area contributed by atoms with E-state index in [9.17, 15) is 4.79 Å². The Hall–Kier alpha value is -2.04. The van der Waals surface area contributed by atoms with Crippen LogP contribution in [0.3, 0.4) is 0 Å². The molecule has 0 saturated carbocycles. The first kappa shape index (κ1) is 13.0. The second-order valence-electron chi connectivity index (χ2n) is 4.65. The average Bonchev–Trinajstić information content (AvgIpc) is 2.91. The first-order valence-electron chi connectivity index (χ1n) is 6.43. The highest BCUT2D eigenvalue weighted by molar-refractivity contribution is 7.20. The number of Topliss-reactive ketones (excluding diaryl/α,β-unsaturated/α-hetero) is 1. The van der Waals surface area contributed by atoms with Crippen LogP contribution >= 0.6 is 11.3 Å². The van der Waals surface area contributed by atoms with E-state index < -0.39 is 6.04 Å². The van der Waals surface area contributed by atoms with Gasteiger partial charge in [0.15, 0.2) is 5.01 Å². The highest BCUT2D eigenvalue weighted by atomic mass is 32.1. The highest BCUT2D eigenvalue weighted by Gasteiger charge is 2.19. The van der Waals surface area contributed by atoms with Crippen LogP contribution in [-0.2, 0) is 6.42 Å². The molecule has 2 aromatic carbocycles. The molecule has 1 unspecified atom stereocenters. The van der Waals surface area contributed by atoms with Crippen molar-refractivity contribution in [2.45, 2.75) is 12.5 Å². The lowest BCUT2D eigenvalue weighted by Crippen LogP contribution is -2.32. The van der Waals surface area contributed by atoms with Gasteiger partial charge in [-0.3, -0.25) is 4.79 Å². The van der Waals surface area contributed by atoms with Gasteiger partial charge in [-0.2, -0.15) is 0 Å². The normalized spacial score (nSPS) is 12.4. The van der Waals surface area contributed by atoms with Crippen LogP contribution in [0.15, 0.2) is 54.6 Å². The smallest absolute Gasteiger partial charge is 0.208 e. The molecule has 4 heteroatoms. The third-order valence-corrected chi connectivity index (χ3v) is 4.19. The van der Waals surface area contributed by atoms with Crippen molar-refractivity contribution < 1.29 is 4.79 Å². The van der Waals surface area contributed by atoms with Crippen LogP contribution in [-0.4, -0.2) is 16.8 Å². The number of hydrogen-bond donors (Lipinski definition) is 1. The van der Waals surface area contributed by atoms with E-state index in [1.165, 1.54) is 11.3 Å². The summed E-state index contributed by atoms with van der Waals surface area (Å²) >= 11 is 1.40. The van der Waals surface area contributed by atoms with Gasteiger partial charge in [-0.05, 0) is 24.1 Å². The lowest BCUT2D eigenvalue weighted by atomic mass is 10.0. The number of aromatic nitrogens is 1. The Morgan fingerprint density at radius 2 is 1.80 bits per heavy atom. The predicted octanol–water partition coefficient (Wildman–Crippen LogP) is 3.05. The quantitative estimate of drug-likeness (QED) is 0.748. The lowest BCUT2D eigenvalue weighted by Gasteiger charge is -2.08. The molecule has 0 saturated heterocycles. The Balaban J connectivity index is 1.81. The first-order valence-corrected chi connectivity index (χ1v) is 7.25. The predicted molar refractivity (Wildman–Crippen MR) is 82.1 cm³/mol. The highest BCUT2D eigenvalue weighted by Crippen LogP contribution is 2.22. The molecule has 0 radical (unpaired) electrons. The third-order valence-electron chi connectivity index (χ3n) is 3.14. The van der Waals surface area contributed by atoms with Crippen LogP contribution in [0.2, 0.25) is 0 Å². The van der Waals surface area contributed by atoms with Crippen molar-refractivity contribution in [1.29, 1.82) is 0 Å². The van der Waals surface area contributed by atoms with Crippen molar-refractivity contribution in [3.63, 3.8) is 0 Å². The Labute approximate surface area is 121 Å². The number of para-hydroxylation sites is 1. The lowest BCUT2D eigenvalue weighted by molar-refractivity contribution is 0.0961. The van der Waals surface area contributed by atoms with E-state index in [-0.39, 0.29) is 5.78 Å². The SMILES string of the molecule is NC(Cc1ccccc1)C(=O)c1nc2ccccc2s1. The van der Waals surface area contributed by atoms with Gasteiger partial charge >= 0.3 is 0 Å². The Morgan fingerprint density at radius 3 is 2.55 bits per heavy atom. The monoisotopic (exact) mass is 282 g/mol. The molecule has 0 aliphatic rings. The van der Waals surface area contributed by atoms with Crippen molar-refractivity contribution in [3.8, 4) is 0 Å². The zero-order valence-corrected chi connectivity index (χ0v) is 11.6. The summed E-state index contributed by atoms with van der Waals surface area (Å²) in [6, 6.07) is 17.0. The second-order valence-corrected chi connectivity index (χ2v) is 5.68. The summed E-state index contributed by atoms with van der Waals surface area (Å²) in [5, 5.41) is 0.495. The molecular weight excluding hydrogens is 268 g/mol. The van der Waals surface area contributed by atoms with E-state index in [1.807, 2.05) is 54.6 Å². The Bertz CT molecular complexity index is 703. The molecule has 3 nitrogen and oxygen atoms in total. The summed E-state index contributed by atoms with van der Waals surface area (Å²) in [4.78, 5) is 16.7. The molecule has 3 aromatic rings. The van der Waals surface area contributed by atoms with Crippen LogP contribution in [0.25, 0.3) is 10.2 Å². The van der Waals surface area contributed by atoms with Gasteiger partial charge in [-0.1, -0.05) is 42.5 Å². The molecule has 0 bridgehead atoms. The molecule has 1 heterocycles.